The van der Waals surface area contributed by atoms with Gasteiger partial charge in [0.25, 0.3) is 0 Å². The lowest BCUT2D eigenvalue weighted by molar-refractivity contribution is -0.143. The Bertz CT molecular complexity index is 409. The van der Waals surface area contributed by atoms with Crippen molar-refractivity contribution in [3.8, 4) is 0 Å². The number of hydrogen-bond donors (Lipinski definition) is 1. The zero-order valence-corrected chi connectivity index (χ0v) is 20.6. The molecule has 0 bridgehead atoms. The van der Waals surface area contributed by atoms with Crippen LogP contribution in [0.3, 0.4) is 0 Å². The second-order valence-corrected chi connectivity index (χ2v) is 9.23. The third-order valence-electron chi connectivity index (χ3n) is 5.63. The van der Waals surface area contributed by atoms with E-state index in [9.17, 15) is 9.59 Å². The molecule has 0 heterocycles. The quantitative estimate of drug-likeness (QED) is 0.154. The van der Waals surface area contributed by atoms with E-state index in [-0.39, 0.29) is 17.9 Å². The summed E-state index contributed by atoms with van der Waals surface area (Å²) >= 11 is 0. The minimum absolute atomic E-state index is 0.0730. The van der Waals surface area contributed by atoms with E-state index in [1.54, 1.807) is 0 Å². The number of amides is 1. The zero-order valence-electron chi connectivity index (χ0n) is 20.6. The molecule has 0 radical (unpaired) electrons. The van der Waals surface area contributed by atoms with Crippen LogP contribution in [-0.2, 0) is 14.3 Å². The fraction of sp³-hybridized carbons (Fsp3) is 0.923. The van der Waals surface area contributed by atoms with Gasteiger partial charge in [0, 0.05) is 18.9 Å². The van der Waals surface area contributed by atoms with Gasteiger partial charge in [0.15, 0.2) is 0 Å². The molecule has 0 aromatic heterocycles. The van der Waals surface area contributed by atoms with E-state index in [0.717, 1.165) is 19.3 Å². The average Bonchev–Trinajstić information content (AvgIpc) is 2.69. The van der Waals surface area contributed by atoms with Crippen molar-refractivity contribution in [3.05, 3.63) is 0 Å². The molecule has 30 heavy (non-hydrogen) atoms. The van der Waals surface area contributed by atoms with E-state index in [0.29, 0.717) is 31.8 Å². The standard InChI is InChI=1S/C26H51NO3/c1-5-7-8-9-10-11-12-13-14-15-16-17-18-19-25(28)27-24(22-23(3)4)20-21-26(29)30-6-2/h23-24H,5-22H2,1-4H3,(H,27,28)/t24-/m1/s1. The second kappa shape index (κ2) is 21.2. The van der Waals surface area contributed by atoms with Gasteiger partial charge in [0.2, 0.25) is 5.91 Å². The van der Waals surface area contributed by atoms with Crippen LogP contribution in [0.2, 0.25) is 0 Å². The molecule has 0 saturated heterocycles. The molecule has 1 N–H and O–H groups in total. The zero-order chi connectivity index (χ0) is 22.5. The molecule has 1 atom stereocenters. The van der Waals surface area contributed by atoms with Crippen molar-refractivity contribution in [3.63, 3.8) is 0 Å². The van der Waals surface area contributed by atoms with Crippen LogP contribution in [-0.4, -0.2) is 24.5 Å². The summed E-state index contributed by atoms with van der Waals surface area (Å²) in [5, 5.41) is 3.14. The van der Waals surface area contributed by atoms with Gasteiger partial charge in [-0.2, -0.15) is 0 Å². The Labute approximate surface area is 187 Å². The third kappa shape index (κ3) is 20.2. The van der Waals surface area contributed by atoms with Gasteiger partial charge in [-0.3, -0.25) is 9.59 Å². The second-order valence-electron chi connectivity index (χ2n) is 9.23. The summed E-state index contributed by atoms with van der Waals surface area (Å²) in [5.74, 6) is 0.457. The van der Waals surface area contributed by atoms with Gasteiger partial charge in [0.05, 0.1) is 6.61 Å². The number of rotatable bonds is 21. The first kappa shape index (κ1) is 28.9. The van der Waals surface area contributed by atoms with Gasteiger partial charge < -0.3 is 10.1 Å². The minimum atomic E-state index is -0.169. The molecule has 0 aliphatic rings. The van der Waals surface area contributed by atoms with E-state index < -0.39 is 0 Å². The molecule has 4 nitrogen and oxygen atoms in total. The van der Waals surface area contributed by atoms with Crippen molar-refractivity contribution in [2.75, 3.05) is 6.61 Å². The highest BCUT2D eigenvalue weighted by Gasteiger charge is 2.16. The van der Waals surface area contributed by atoms with Crippen LogP contribution in [0.15, 0.2) is 0 Å². The van der Waals surface area contributed by atoms with Crippen molar-refractivity contribution < 1.29 is 14.3 Å². The molecule has 0 rings (SSSR count). The number of hydrogen-bond acceptors (Lipinski definition) is 3. The molecule has 178 valence electrons. The van der Waals surface area contributed by atoms with Gasteiger partial charge >= 0.3 is 5.97 Å². The number of ether oxygens (including phenoxy) is 1. The number of esters is 1. The molecule has 0 saturated carbocycles. The Kier molecular flexibility index (Phi) is 20.4. The molecule has 0 aromatic carbocycles. The van der Waals surface area contributed by atoms with Gasteiger partial charge in [-0.25, -0.2) is 0 Å². The van der Waals surface area contributed by atoms with Crippen LogP contribution in [0.5, 0.6) is 0 Å². The average molecular weight is 426 g/mol. The largest absolute Gasteiger partial charge is 0.466 e. The monoisotopic (exact) mass is 425 g/mol. The predicted octanol–water partition coefficient (Wildman–Crippen LogP) is 7.34. The van der Waals surface area contributed by atoms with E-state index in [1.807, 2.05) is 6.92 Å². The van der Waals surface area contributed by atoms with Crippen molar-refractivity contribution in [1.29, 1.82) is 0 Å². The topological polar surface area (TPSA) is 55.4 Å². The van der Waals surface area contributed by atoms with E-state index in [1.165, 1.54) is 70.6 Å². The Hall–Kier alpha value is -1.06. The van der Waals surface area contributed by atoms with Gasteiger partial charge in [-0.05, 0) is 32.1 Å². The summed E-state index contributed by atoms with van der Waals surface area (Å²) < 4.78 is 5.00. The van der Waals surface area contributed by atoms with Crippen molar-refractivity contribution in [1.82, 2.24) is 5.32 Å². The lowest BCUT2D eigenvalue weighted by atomic mass is 9.99. The number of nitrogens with one attached hydrogen (secondary N) is 1. The van der Waals surface area contributed by atoms with E-state index in [2.05, 4.69) is 26.1 Å². The number of carbonyl (C=O) groups is 2. The normalized spacial score (nSPS) is 12.2. The highest BCUT2D eigenvalue weighted by molar-refractivity contribution is 5.76. The third-order valence-corrected chi connectivity index (χ3v) is 5.63. The molecule has 0 aliphatic heterocycles. The van der Waals surface area contributed by atoms with Crippen molar-refractivity contribution in [2.45, 2.75) is 143 Å². The Balaban J connectivity index is 3.69. The van der Waals surface area contributed by atoms with Crippen LogP contribution in [0.4, 0.5) is 0 Å². The maximum atomic E-state index is 12.3. The van der Waals surface area contributed by atoms with E-state index in [4.69, 9.17) is 4.74 Å². The van der Waals surface area contributed by atoms with Crippen LogP contribution < -0.4 is 5.32 Å². The number of unbranched alkanes of at least 4 members (excludes halogenated alkanes) is 12. The molecule has 0 aliphatic carbocycles. The fourth-order valence-corrected chi connectivity index (χ4v) is 3.95. The SMILES string of the molecule is CCCCCCCCCCCCCCCC(=O)N[C@H](CCC(=O)OCC)CC(C)C. The lowest BCUT2D eigenvalue weighted by Gasteiger charge is -2.20. The highest BCUT2D eigenvalue weighted by atomic mass is 16.5. The van der Waals surface area contributed by atoms with Crippen LogP contribution >= 0.6 is 0 Å². The maximum absolute atomic E-state index is 12.3. The van der Waals surface area contributed by atoms with Gasteiger partial charge in [-0.1, -0.05) is 97.8 Å². The Morgan fingerprint density at radius 1 is 0.733 bits per heavy atom. The minimum Gasteiger partial charge on any atom is -0.466 e. The van der Waals surface area contributed by atoms with Crippen molar-refractivity contribution >= 4 is 11.9 Å². The molecule has 0 fully saturated rings. The molecular weight excluding hydrogens is 374 g/mol. The van der Waals surface area contributed by atoms with Gasteiger partial charge in [-0.15, -0.1) is 0 Å². The summed E-state index contributed by atoms with van der Waals surface area (Å²) in [6, 6.07) is 0.0730. The summed E-state index contributed by atoms with van der Waals surface area (Å²) in [6.45, 7) is 8.80. The Morgan fingerprint density at radius 3 is 1.70 bits per heavy atom. The summed E-state index contributed by atoms with van der Waals surface area (Å²) in [4.78, 5) is 23.9. The summed E-state index contributed by atoms with van der Waals surface area (Å²) in [7, 11) is 0. The van der Waals surface area contributed by atoms with Crippen LogP contribution in [0.25, 0.3) is 0 Å². The molecule has 0 spiro atoms. The first-order chi connectivity index (χ1) is 14.5. The number of carbonyl (C=O) groups excluding carboxylic acids is 2. The fourth-order valence-electron chi connectivity index (χ4n) is 3.95. The van der Waals surface area contributed by atoms with Crippen LogP contribution in [0.1, 0.15) is 137 Å². The first-order valence-electron chi connectivity index (χ1n) is 12.9. The predicted molar refractivity (Wildman–Crippen MR) is 128 cm³/mol. The molecule has 0 aromatic rings. The van der Waals surface area contributed by atoms with Crippen LogP contribution in [0, 0.1) is 5.92 Å². The van der Waals surface area contributed by atoms with E-state index >= 15 is 0 Å². The first-order valence-corrected chi connectivity index (χ1v) is 12.9. The smallest absolute Gasteiger partial charge is 0.305 e. The Morgan fingerprint density at radius 2 is 1.23 bits per heavy atom. The molecule has 0 unspecified atom stereocenters. The highest BCUT2D eigenvalue weighted by Crippen LogP contribution is 2.14. The maximum Gasteiger partial charge on any atom is 0.305 e. The summed E-state index contributed by atoms with van der Waals surface area (Å²) in [5.41, 5.74) is 0. The molecule has 4 heteroatoms. The summed E-state index contributed by atoms with van der Waals surface area (Å²) in [6.07, 6.45) is 19.6. The van der Waals surface area contributed by atoms with Gasteiger partial charge in [0.1, 0.15) is 0 Å². The van der Waals surface area contributed by atoms with Crippen molar-refractivity contribution in [2.24, 2.45) is 5.92 Å². The lowest BCUT2D eigenvalue weighted by Crippen LogP contribution is -2.36. The molecule has 1 amide bonds. The molecular formula is C26H51NO3.